The molecule has 2 rings (SSSR count). The van der Waals surface area contributed by atoms with E-state index in [-0.39, 0.29) is 17.2 Å². The molecule has 162 valence electrons. The number of nitro groups is 1. The molecule has 30 heavy (non-hydrogen) atoms. The second-order valence-corrected chi connectivity index (χ2v) is 7.18. The van der Waals surface area contributed by atoms with Crippen molar-refractivity contribution >= 4 is 34.3 Å². The van der Waals surface area contributed by atoms with Crippen LogP contribution in [-0.4, -0.2) is 42.9 Å². The number of nitrogens with one attached hydrogen (secondary N) is 1. The van der Waals surface area contributed by atoms with Gasteiger partial charge in [-0.25, -0.2) is 9.78 Å². The maximum atomic E-state index is 11.7. The van der Waals surface area contributed by atoms with Gasteiger partial charge in [0.05, 0.1) is 37.7 Å². The van der Waals surface area contributed by atoms with Gasteiger partial charge in [-0.1, -0.05) is 31.1 Å². The first-order valence-corrected chi connectivity index (χ1v) is 10.1. The zero-order valence-corrected chi connectivity index (χ0v) is 18.1. The van der Waals surface area contributed by atoms with Gasteiger partial charge in [-0.05, 0) is 19.4 Å². The summed E-state index contributed by atoms with van der Waals surface area (Å²) in [6.07, 6.45) is 4.18. The summed E-state index contributed by atoms with van der Waals surface area (Å²) < 4.78 is 15.6. The quantitative estimate of drug-likeness (QED) is 0.183. The number of ether oxygens (including phenoxy) is 3. The maximum absolute atomic E-state index is 11.7. The van der Waals surface area contributed by atoms with E-state index in [1.165, 1.54) is 26.5 Å². The number of carbonyl (C=O) groups excluding carboxylic acids is 1. The molecule has 1 N–H and O–H groups in total. The number of esters is 1. The molecular weight excluding hydrogens is 412 g/mol. The van der Waals surface area contributed by atoms with E-state index in [1.807, 2.05) is 0 Å². The minimum atomic E-state index is -0.519. The third-order valence-corrected chi connectivity index (χ3v) is 5.05. The number of benzene rings is 1. The molecule has 0 saturated carbocycles. The van der Waals surface area contributed by atoms with Gasteiger partial charge in [0.25, 0.3) is 0 Å². The molecular formula is C19H24N4O6S. The van der Waals surface area contributed by atoms with Crippen LogP contribution in [-0.2, 0) is 4.74 Å². The zero-order chi connectivity index (χ0) is 22.1. The van der Waals surface area contributed by atoms with Crippen molar-refractivity contribution in [1.82, 2.24) is 4.98 Å². The van der Waals surface area contributed by atoms with E-state index in [0.717, 1.165) is 30.6 Å². The molecule has 0 aliphatic carbocycles. The lowest BCUT2D eigenvalue weighted by molar-refractivity contribution is -0.386. The first-order chi connectivity index (χ1) is 14.4. The molecule has 11 heteroatoms. The molecule has 0 unspecified atom stereocenters. The summed E-state index contributed by atoms with van der Waals surface area (Å²) in [4.78, 5) is 27.2. The molecule has 0 radical (unpaired) electrons. The Kier molecular flexibility index (Phi) is 8.54. The first kappa shape index (κ1) is 23.1. The summed E-state index contributed by atoms with van der Waals surface area (Å²) in [5, 5.41) is 16.0. The van der Waals surface area contributed by atoms with Gasteiger partial charge in [0.2, 0.25) is 10.9 Å². The number of nitrogens with zero attached hydrogens (tertiary/aromatic N) is 3. The van der Waals surface area contributed by atoms with E-state index in [9.17, 15) is 14.9 Å². The van der Waals surface area contributed by atoms with Crippen molar-refractivity contribution in [2.45, 2.75) is 33.1 Å². The summed E-state index contributed by atoms with van der Waals surface area (Å²) in [6.45, 7) is 4.12. The van der Waals surface area contributed by atoms with Crippen molar-refractivity contribution < 1.29 is 23.9 Å². The fourth-order valence-electron chi connectivity index (χ4n) is 2.53. The average molecular weight is 436 g/mol. The van der Waals surface area contributed by atoms with E-state index in [2.05, 4.69) is 22.4 Å². The molecule has 0 amide bonds. The Bertz CT molecular complexity index is 928. The third-order valence-electron chi connectivity index (χ3n) is 4.01. The Hall–Kier alpha value is -3.21. The Morgan fingerprint density at radius 1 is 1.37 bits per heavy atom. The van der Waals surface area contributed by atoms with Gasteiger partial charge in [-0.3, -0.25) is 15.5 Å². The topological polar surface area (TPSA) is 125 Å². The van der Waals surface area contributed by atoms with Gasteiger partial charge in [-0.2, -0.15) is 5.10 Å². The molecule has 0 aliphatic heterocycles. The Balaban J connectivity index is 2.20. The van der Waals surface area contributed by atoms with Crippen LogP contribution in [0.15, 0.2) is 17.2 Å². The molecule has 1 aromatic heterocycles. The molecule has 0 atom stereocenters. The summed E-state index contributed by atoms with van der Waals surface area (Å²) in [6, 6.07) is 2.95. The van der Waals surface area contributed by atoms with Crippen LogP contribution in [0.4, 0.5) is 10.8 Å². The fraction of sp³-hybridized carbons (Fsp3) is 0.421. The molecule has 0 spiro atoms. The van der Waals surface area contributed by atoms with Gasteiger partial charge in [0, 0.05) is 11.6 Å². The van der Waals surface area contributed by atoms with Gasteiger partial charge >= 0.3 is 11.7 Å². The van der Waals surface area contributed by atoms with Crippen LogP contribution in [0.3, 0.4) is 0 Å². The highest BCUT2D eigenvalue weighted by Crippen LogP contribution is 2.38. The van der Waals surface area contributed by atoms with Crippen LogP contribution in [0.2, 0.25) is 0 Å². The number of unbranched alkanes of at least 4 members (excludes halogenated alkanes) is 2. The van der Waals surface area contributed by atoms with Crippen LogP contribution >= 0.6 is 11.3 Å². The third kappa shape index (κ3) is 5.89. The Morgan fingerprint density at radius 2 is 2.13 bits per heavy atom. The van der Waals surface area contributed by atoms with Crippen LogP contribution in [0.1, 0.15) is 47.1 Å². The number of nitro benzene ring substituents is 1. The average Bonchev–Trinajstić information content (AvgIpc) is 3.10. The van der Waals surface area contributed by atoms with Crippen molar-refractivity contribution in [3.63, 3.8) is 0 Å². The van der Waals surface area contributed by atoms with Gasteiger partial charge < -0.3 is 14.2 Å². The van der Waals surface area contributed by atoms with Crippen LogP contribution < -0.4 is 14.9 Å². The standard InChI is InChI=1S/C19H24N4O6S/c1-5-6-7-8-29-16-14(23(25)26)9-13(10-15(16)27-3)11-20-22-19-21-12(2)17(30-19)18(24)28-4/h9-11H,5-8H2,1-4H3,(H,21,22)/b20-11-. The number of thiazole rings is 1. The van der Waals surface area contributed by atoms with Gasteiger partial charge in [-0.15, -0.1) is 0 Å². The van der Waals surface area contributed by atoms with E-state index < -0.39 is 10.9 Å². The lowest BCUT2D eigenvalue weighted by Gasteiger charge is -2.11. The van der Waals surface area contributed by atoms with Crippen molar-refractivity contribution in [2.24, 2.45) is 5.10 Å². The number of aromatic nitrogens is 1. The van der Waals surface area contributed by atoms with E-state index in [4.69, 9.17) is 14.2 Å². The van der Waals surface area contributed by atoms with Crippen molar-refractivity contribution in [3.8, 4) is 11.5 Å². The first-order valence-electron chi connectivity index (χ1n) is 9.25. The number of methoxy groups -OCH3 is 2. The number of carbonyl (C=O) groups is 1. The van der Waals surface area contributed by atoms with Crippen LogP contribution in [0.25, 0.3) is 0 Å². The second kappa shape index (κ2) is 11.1. The van der Waals surface area contributed by atoms with Crippen molar-refractivity contribution in [2.75, 3.05) is 26.3 Å². The summed E-state index contributed by atoms with van der Waals surface area (Å²) in [7, 11) is 2.72. The van der Waals surface area contributed by atoms with E-state index in [0.29, 0.717) is 27.9 Å². The monoisotopic (exact) mass is 436 g/mol. The van der Waals surface area contributed by atoms with Crippen LogP contribution in [0.5, 0.6) is 11.5 Å². The highest BCUT2D eigenvalue weighted by Gasteiger charge is 2.22. The van der Waals surface area contributed by atoms with Crippen LogP contribution in [0, 0.1) is 17.0 Å². The Morgan fingerprint density at radius 3 is 2.77 bits per heavy atom. The highest BCUT2D eigenvalue weighted by molar-refractivity contribution is 7.17. The Labute approximate surface area is 178 Å². The largest absolute Gasteiger partial charge is 0.493 e. The molecule has 10 nitrogen and oxygen atoms in total. The van der Waals surface area contributed by atoms with Crippen molar-refractivity contribution in [1.29, 1.82) is 0 Å². The lowest BCUT2D eigenvalue weighted by Crippen LogP contribution is -2.04. The SMILES string of the molecule is CCCCCOc1c(OC)cc(/C=N\Nc2nc(C)c(C(=O)OC)s2)cc1[N+](=O)[O-]. The number of rotatable bonds is 11. The van der Waals surface area contributed by atoms with Gasteiger partial charge in [0.15, 0.2) is 5.75 Å². The van der Waals surface area contributed by atoms with Crippen molar-refractivity contribution in [3.05, 3.63) is 38.4 Å². The summed E-state index contributed by atoms with van der Waals surface area (Å²) in [5.74, 6) is -0.126. The summed E-state index contributed by atoms with van der Waals surface area (Å²) >= 11 is 1.10. The molecule has 1 aromatic carbocycles. The number of aryl methyl sites for hydroxylation is 1. The lowest BCUT2D eigenvalue weighted by atomic mass is 10.2. The summed E-state index contributed by atoms with van der Waals surface area (Å²) in [5.41, 5.74) is 3.46. The number of hydrogen-bond acceptors (Lipinski definition) is 10. The minimum absolute atomic E-state index is 0.0991. The number of hydrazone groups is 1. The molecule has 0 fully saturated rings. The second-order valence-electron chi connectivity index (χ2n) is 6.18. The molecule has 2 aromatic rings. The molecule has 0 aliphatic rings. The normalized spacial score (nSPS) is 10.8. The van der Waals surface area contributed by atoms with E-state index >= 15 is 0 Å². The maximum Gasteiger partial charge on any atom is 0.350 e. The predicted molar refractivity (Wildman–Crippen MR) is 114 cm³/mol. The number of anilines is 1. The minimum Gasteiger partial charge on any atom is -0.493 e. The van der Waals surface area contributed by atoms with Gasteiger partial charge in [0.1, 0.15) is 4.88 Å². The smallest absolute Gasteiger partial charge is 0.350 e. The van der Waals surface area contributed by atoms with E-state index in [1.54, 1.807) is 13.0 Å². The highest BCUT2D eigenvalue weighted by atomic mass is 32.1. The molecule has 1 heterocycles. The molecule has 0 saturated heterocycles. The zero-order valence-electron chi connectivity index (χ0n) is 17.3. The number of hydrogen-bond donors (Lipinski definition) is 1. The predicted octanol–water partition coefficient (Wildman–Crippen LogP) is 4.17. The fourth-order valence-corrected chi connectivity index (χ4v) is 3.36. The molecule has 0 bridgehead atoms.